The van der Waals surface area contributed by atoms with Gasteiger partial charge in [0.1, 0.15) is 18.5 Å². The van der Waals surface area contributed by atoms with Crippen molar-refractivity contribution in [3.05, 3.63) is 29.8 Å². The summed E-state index contributed by atoms with van der Waals surface area (Å²) in [6.45, 7) is 4.76. The SMILES string of the molecule is CCc1ccc(OCC(O)CNCCCCCOC)cc1. The molecule has 1 aromatic rings. The zero-order valence-corrected chi connectivity index (χ0v) is 13.3. The van der Waals surface area contributed by atoms with E-state index in [1.807, 2.05) is 12.1 Å². The van der Waals surface area contributed by atoms with Crippen molar-refractivity contribution in [1.82, 2.24) is 5.32 Å². The van der Waals surface area contributed by atoms with Crippen molar-refractivity contribution < 1.29 is 14.6 Å². The molecule has 0 spiro atoms. The third-order valence-corrected chi connectivity index (χ3v) is 3.36. The molecule has 0 saturated heterocycles. The summed E-state index contributed by atoms with van der Waals surface area (Å²) in [6, 6.07) is 8.02. The van der Waals surface area contributed by atoms with Crippen LogP contribution < -0.4 is 10.1 Å². The smallest absolute Gasteiger partial charge is 0.119 e. The molecule has 1 aromatic carbocycles. The predicted molar refractivity (Wildman–Crippen MR) is 85.9 cm³/mol. The van der Waals surface area contributed by atoms with Crippen molar-refractivity contribution in [3.63, 3.8) is 0 Å². The number of nitrogens with one attached hydrogen (secondary N) is 1. The van der Waals surface area contributed by atoms with Crippen LogP contribution in [0.15, 0.2) is 24.3 Å². The summed E-state index contributed by atoms with van der Waals surface area (Å²) in [4.78, 5) is 0. The van der Waals surface area contributed by atoms with Crippen molar-refractivity contribution in [2.75, 3.05) is 33.4 Å². The minimum atomic E-state index is -0.477. The Labute approximate surface area is 128 Å². The monoisotopic (exact) mass is 295 g/mol. The van der Waals surface area contributed by atoms with Crippen molar-refractivity contribution in [2.45, 2.75) is 38.7 Å². The van der Waals surface area contributed by atoms with Crippen LogP contribution in [0.3, 0.4) is 0 Å². The number of ether oxygens (including phenoxy) is 2. The maximum Gasteiger partial charge on any atom is 0.119 e. The average molecular weight is 295 g/mol. The molecule has 0 bridgehead atoms. The number of aliphatic hydroxyl groups excluding tert-OH is 1. The van der Waals surface area contributed by atoms with E-state index < -0.39 is 6.10 Å². The second-order valence-electron chi connectivity index (χ2n) is 5.22. The van der Waals surface area contributed by atoms with E-state index >= 15 is 0 Å². The topological polar surface area (TPSA) is 50.7 Å². The predicted octanol–water partition coefficient (Wildman–Crippen LogP) is 2.40. The van der Waals surface area contributed by atoms with Crippen LogP contribution in [0.1, 0.15) is 31.7 Å². The number of rotatable bonds is 12. The fraction of sp³-hybridized carbons (Fsp3) is 0.647. The van der Waals surface area contributed by atoms with Gasteiger partial charge < -0.3 is 19.9 Å². The van der Waals surface area contributed by atoms with Gasteiger partial charge in [-0.15, -0.1) is 0 Å². The summed E-state index contributed by atoms with van der Waals surface area (Å²) in [5.74, 6) is 0.811. The number of aryl methyl sites for hydroxylation is 1. The van der Waals surface area contributed by atoms with Gasteiger partial charge in [-0.2, -0.15) is 0 Å². The molecule has 120 valence electrons. The van der Waals surface area contributed by atoms with Crippen molar-refractivity contribution in [3.8, 4) is 5.75 Å². The number of benzene rings is 1. The maximum atomic E-state index is 9.84. The molecule has 1 rings (SSSR count). The normalized spacial score (nSPS) is 12.3. The van der Waals surface area contributed by atoms with Crippen LogP contribution in [-0.4, -0.2) is 44.6 Å². The molecule has 4 heteroatoms. The number of hydrogen-bond acceptors (Lipinski definition) is 4. The highest BCUT2D eigenvalue weighted by molar-refractivity contribution is 5.27. The third kappa shape index (κ3) is 8.71. The fourth-order valence-electron chi connectivity index (χ4n) is 2.01. The van der Waals surface area contributed by atoms with Gasteiger partial charge >= 0.3 is 0 Å². The largest absolute Gasteiger partial charge is 0.491 e. The van der Waals surface area contributed by atoms with E-state index in [1.165, 1.54) is 5.56 Å². The minimum Gasteiger partial charge on any atom is -0.491 e. The summed E-state index contributed by atoms with van der Waals surface area (Å²) in [6.07, 6.45) is 3.90. The number of hydrogen-bond donors (Lipinski definition) is 2. The molecule has 0 fully saturated rings. The van der Waals surface area contributed by atoms with Gasteiger partial charge in [-0.1, -0.05) is 19.1 Å². The van der Waals surface area contributed by atoms with Crippen molar-refractivity contribution >= 4 is 0 Å². The third-order valence-electron chi connectivity index (χ3n) is 3.36. The van der Waals surface area contributed by atoms with Gasteiger partial charge in [-0.05, 0) is 49.9 Å². The molecule has 4 nitrogen and oxygen atoms in total. The summed E-state index contributed by atoms with van der Waals surface area (Å²) < 4.78 is 10.6. The van der Waals surface area contributed by atoms with Gasteiger partial charge in [0, 0.05) is 20.3 Å². The quantitative estimate of drug-likeness (QED) is 0.581. The molecule has 0 amide bonds. The van der Waals surface area contributed by atoms with Crippen LogP contribution in [-0.2, 0) is 11.2 Å². The highest BCUT2D eigenvalue weighted by Gasteiger charge is 2.04. The first-order valence-corrected chi connectivity index (χ1v) is 7.85. The Bertz CT molecular complexity index is 354. The van der Waals surface area contributed by atoms with E-state index in [0.29, 0.717) is 13.2 Å². The number of unbranched alkanes of at least 4 members (excludes halogenated alkanes) is 2. The average Bonchev–Trinajstić information content (AvgIpc) is 2.52. The van der Waals surface area contributed by atoms with E-state index in [2.05, 4.69) is 24.4 Å². The first-order valence-electron chi connectivity index (χ1n) is 7.85. The number of methoxy groups -OCH3 is 1. The lowest BCUT2D eigenvalue weighted by Crippen LogP contribution is -2.32. The maximum absolute atomic E-state index is 9.84. The Hall–Kier alpha value is -1.10. The molecule has 0 aromatic heterocycles. The van der Waals surface area contributed by atoms with E-state index in [4.69, 9.17) is 9.47 Å². The van der Waals surface area contributed by atoms with E-state index in [-0.39, 0.29) is 0 Å². The Morgan fingerprint density at radius 1 is 1.14 bits per heavy atom. The van der Waals surface area contributed by atoms with Gasteiger partial charge in [0.2, 0.25) is 0 Å². The molecule has 2 N–H and O–H groups in total. The van der Waals surface area contributed by atoms with Gasteiger partial charge in [-0.25, -0.2) is 0 Å². The van der Waals surface area contributed by atoms with Gasteiger partial charge in [-0.3, -0.25) is 0 Å². The summed E-state index contributed by atoms with van der Waals surface area (Å²) in [7, 11) is 1.73. The second kappa shape index (κ2) is 11.5. The molecule has 0 heterocycles. The summed E-state index contributed by atoms with van der Waals surface area (Å²) >= 11 is 0. The molecular formula is C17H29NO3. The van der Waals surface area contributed by atoms with Crippen LogP contribution in [0, 0.1) is 0 Å². The summed E-state index contributed by atoms with van der Waals surface area (Å²) in [5, 5.41) is 13.1. The Balaban J connectivity index is 2.03. The van der Waals surface area contributed by atoms with Crippen molar-refractivity contribution in [2.24, 2.45) is 0 Å². The highest BCUT2D eigenvalue weighted by Crippen LogP contribution is 2.12. The molecule has 0 saturated carbocycles. The molecule has 0 aliphatic heterocycles. The first kappa shape index (κ1) is 18.0. The molecule has 1 unspecified atom stereocenters. The van der Waals surface area contributed by atoms with Gasteiger partial charge in [0.05, 0.1) is 0 Å². The summed E-state index contributed by atoms with van der Waals surface area (Å²) in [5.41, 5.74) is 1.29. The van der Waals surface area contributed by atoms with Crippen LogP contribution in [0.5, 0.6) is 5.75 Å². The molecule has 21 heavy (non-hydrogen) atoms. The zero-order chi connectivity index (χ0) is 15.3. The van der Waals surface area contributed by atoms with Gasteiger partial charge in [0.15, 0.2) is 0 Å². The van der Waals surface area contributed by atoms with Gasteiger partial charge in [0.25, 0.3) is 0 Å². The molecular weight excluding hydrogens is 266 g/mol. The molecule has 0 aliphatic rings. The van der Waals surface area contributed by atoms with Crippen LogP contribution in [0.2, 0.25) is 0 Å². The standard InChI is InChI=1S/C17H29NO3/c1-3-15-7-9-17(10-8-15)21-14-16(19)13-18-11-5-4-6-12-20-2/h7-10,16,18-19H,3-6,11-14H2,1-2H3. The highest BCUT2D eigenvalue weighted by atomic mass is 16.5. The van der Waals surface area contributed by atoms with Crippen LogP contribution in [0.25, 0.3) is 0 Å². The lowest BCUT2D eigenvalue weighted by molar-refractivity contribution is 0.106. The van der Waals surface area contributed by atoms with Crippen LogP contribution >= 0.6 is 0 Å². The lowest BCUT2D eigenvalue weighted by Gasteiger charge is -2.13. The Kier molecular flexibility index (Phi) is 9.87. The van der Waals surface area contributed by atoms with E-state index in [0.717, 1.165) is 44.6 Å². The zero-order valence-electron chi connectivity index (χ0n) is 13.3. The second-order valence-corrected chi connectivity index (χ2v) is 5.22. The Morgan fingerprint density at radius 3 is 2.57 bits per heavy atom. The minimum absolute atomic E-state index is 0.322. The molecule has 0 aliphatic carbocycles. The number of aliphatic hydroxyl groups is 1. The van der Waals surface area contributed by atoms with Crippen LogP contribution in [0.4, 0.5) is 0 Å². The fourth-order valence-corrected chi connectivity index (χ4v) is 2.01. The molecule has 0 radical (unpaired) electrons. The Morgan fingerprint density at radius 2 is 1.90 bits per heavy atom. The molecule has 1 atom stereocenters. The first-order chi connectivity index (χ1) is 10.3. The lowest BCUT2D eigenvalue weighted by atomic mass is 10.2. The van der Waals surface area contributed by atoms with E-state index in [9.17, 15) is 5.11 Å². The van der Waals surface area contributed by atoms with E-state index in [1.54, 1.807) is 7.11 Å². The van der Waals surface area contributed by atoms with Crippen molar-refractivity contribution in [1.29, 1.82) is 0 Å².